The lowest BCUT2D eigenvalue weighted by Crippen LogP contribution is -2.44. The van der Waals surface area contributed by atoms with Crippen LogP contribution in [-0.2, 0) is 11.3 Å². The number of nitrogens with zero attached hydrogens (tertiary/aromatic N) is 1. The van der Waals surface area contributed by atoms with Gasteiger partial charge in [-0.15, -0.1) is 11.8 Å². The van der Waals surface area contributed by atoms with E-state index in [9.17, 15) is 4.79 Å². The predicted octanol–water partition coefficient (Wildman–Crippen LogP) is 2.72. The number of rotatable bonds is 4. The van der Waals surface area contributed by atoms with Crippen molar-refractivity contribution in [2.24, 2.45) is 5.41 Å². The first kappa shape index (κ1) is 13.0. The van der Waals surface area contributed by atoms with Crippen molar-refractivity contribution in [3.8, 4) is 6.07 Å². The van der Waals surface area contributed by atoms with Gasteiger partial charge < -0.3 is 5.32 Å². The minimum Gasteiger partial charge on any atom is -0.351 e. The second kappa shape index (κ2) is 5.45. The van der Waals surface area contributed by atoms with Crippen LogP contribution >= 0.6 is 11.8 Å². The average molecular weight is 260 g/mol. The Labute approximate surface area is 112 Å². The number of amides is 1. The summed E-state index contributed by atoms with van der Waals surface area (Å²) in [5, 5.41) is 11.9. The molecule has 1 aliphatic rings. The molecule has 1 aromatic carbocycles. The Morgan fingerprint density at radius 3 is 2.56 bits per heavy atom. The standard InChI is InChI=1S/C14H16N2OS/c1-18-12-5-3-11(4-6-12)9-16-13(17)14(10-15)7-2-8-14/h3-6H,2,7-9H2,1H3,(H,16,17). The van der Waals surface area contributed by atoms with Crippen LogP contribution in [0.2, 0.25) is 0 Å². The van der Waals surface area contributed by atoms with Crippen molar-refractivity contribution >= 4 is 17.7 Å². The Morgan fingerprint density at radius 2 is 2.11 bits per heavy atom. The summed E-state index contributed by atoms with van der Waals surface area (Å²) < 4.78 is 0. The van der Waals surface area contributed by atoms with Gasteiger partial charge in [0.1, 0.15) is 5.41 Å². The molecule has 94 valence electrons. The maximum atomic E-state index is 11.9. The zero-order valence-corrected chi connectivity index (χ0v) is 11.2. The molecule has 1 aromatic rings. The van der Waals surface area contributed by atoms with Crippen molar-refractivity contribution in [2.45, 2.75) is 30.7 Å². The summed E-state index contributed by atoms with van der Waals surface area (Å²) in [7, 11) is 0. The Kier molecular flexibility index (Phi) is 3.93. The Hall–Kier alpha value is -1.47. The molecule has 1 N–H and O–H groups in total. The highest BCUT2D eigenvalue weighted by Crippen LogP contribution is 2.40. The van der Waals surface area contributed by atoms with Gasteiger partial charge in [-0.1, -0.05) is 12.1 Å². The second-order valence-corrected chi connectivity index (χ2v) is 5.46. The largest absolute Gasteiger partial charge is 0.351 e. The van der Waals surface area contributed by atoms with Crippen molar-refractivity contribution in [3.63, 3.8) is 0 Å². The number of carbonyl (C=O) groups excluding carboxylic acids is 1. The van der Waals surface area contributed by atoms with Crippen LogP contribution in [0.15, 0.2) is 29.2 Å². The van der Waals surface area contributed by atoms with Crippen LogP contribution in [0.1, 0.15) is 24.8 Å². The molecule has 0 saturated heterocycles. The predicted molar refractivity (Wildman–Crippen MR) is 72.0 cm³/mol. The normalized spacial score (nSPS) is 16.4. The summed E-state index contributed by atoms with van der Waals surface area (Å²) in [5.74, 6) is -0.120. The van der Waals surface area contributed by atoms with Gasteiger partial charge in [-0.3, -0.25) is 4.79 Å². The smallest absolute Gasteiger partial charge is 0.240 e. The first-order valence-corrected chi connectivity index (χ1v) is 7.25. The van der Waals surface area contributed by atoms with E-state index in [4.69, 9.17) is 5.26 Å². The van der Waals surface area contributed by atoms with E-state index in [1.54, 1.807) is 11.8 Å². The highest BCUT2D eigenvalue weighted by molar-refractivity contribution is 7.98. The van der Waals surface area contributed by atoms with E-state index in [-0.39, 0.29) is 5.91 Å². The van der Waals surface area contributed by atoms with Crippen LogP contribution < -0.4 is 5.32 Å². The third-order valence-electron chi connectivity index (χ3n) is 3.47. The van der Waals surface area contributed by atoms with Gasteiger partial charge in [0.15, 0.2) is 0 Å². The molecule has 0 aliphatic heterocycles. The molecular weight excluding hydrogens is 244 g/mol. The van der Waals surface area contributed by atoms with Gasteiger partial charge in [-0.25, -0.2) is 0 Å². The van der Waals surface area contributed by atoms with E-state index in [1.165, 1.54) is 4.90 Å². The zero-order chi connectivity index (χ0) is 13.0. The van der Waals surface area contributed by atoms with E-state index in [2.05, 4.69) is 11.4 Å². The molecule has 0 atom stereocenters. The molecule has 0 spiro atoms. The molecule has 0 bridgehead atoms. The van der Waals surface area contributed by atoms with E-state index >= 15 is 0 Å². The lowest BCUT2D eigenvalue weighted by molar-refractivity contribution is -0.131. The molecule has 3 nitrogen and oxygen atoms in total. The lowest BCUT2D eigenvalue weighted by atomic mass is 9.69. The first-order chi connectivity index (χ1) is 8.70. The van der Waals surface area contributed by atoms with Gasteiger partial charge in [0, 0.05) is 11.4 Å². The molecule has 1 fully saturated rings. The van der Waals surface area contributed by atoms with Crippen molar-refractivity contribution in [2.75, 3.05) is 6.26 Å². The van der Waals surface area contributed by atoms with E-state index in [0.29, 0.717) is 19.4 Å². The van der Waals surface area contributed by atoms with Crippen molar-refractivity contribution < 1.29 is 4.79 Å². The van der Waals surface area contributed by atoms with Gasteiger partial charge in [0.25, 0.3) is 0 Å². The fourth-order valence-corrected chi connectivity index (χ4v) is 2.42. The summed E-state index contributed by atoms with van der Waals surface area (Å²) in [6, 6.07) is 10.2. The summed E-state index contributed by atoms with van der Waals surface area (Å²) in [6.45, 7) is 0.497. The lowest BCUT2D eigenvalue weighted by Gasteiger charge is -2.33. The Balaban J connectivity index is 1.91. The molecule has 4 heteroatoms. The van der Waals surface area contributed by atoms with Gasteiger partial charge >= 0.3 is 0 Å². The summed E-state index contributed by atoms with van der Waals surface area (Å²) >= 11 is 1.69. The molecule has 0 unspecified atom stereocenters. The molecule has 1 amide bonds. The summed E-state index contributed by atoms with van der Waals surface area (Å²) in [4.78, 5) is 13.1. The van der Waals surface area contributed by atoms with Crippen LogP contribution in [0.4, 0.5) is 0 Å². The highest BCUT2D eigenvalue weighted by atomic mass is 32.2. The fourth-order valence-electron chi connectivity index (χ4n) is 2.01. The van der Waals surface area contributed by atoms with Gasteiger partial charge in [-0.05, 0) is 43.2 Å². The van der Waals surface area contributed by atoms with Crippen molar-refractivity contribution in [1.29, 1.82) is 5.26 Å². The van der Waals surface area contributed by atoms with E-state index in [1.807, 2.05) is 30.5 Å². The Morgan fingerprint density at radius 1 is 1.44 bits per heavy atom. The van der Waals surface area contributed by atoms with Gasteiger partial charge in [0.05, 0.1) is 6.07 Å². The molecule has 2 rings (SSSR count). The Bertz CT molecular complexity index is 472. The molecular formula is C14H16N2OS. The fraction of sp³-hybridized carbons (Fsp3) is 0.429. The van der Waals surface area contributed by atoms with Crippen LogP contribution in [0.25, 0.3) is 0 Å². The molecule has 0 heterocycles. The topological polar surface area (TPSA) is 52.9 Å². The van der Waals surface area contributed by atoms with Crippen LogP contribution in [0, 0.1) is 16.7 Å². The third kappa shape index (κ3) is 2.51. The zero-order valence-electron chi connectivity index (χ0n) is 10.4. The molecule has 0 aromatic heterocycles. The summed E-state index contributed by atoms with van der Waals surface area (Å²) in [6.07, 6.45) is 4.40. The quantitative estimate of drug-likeness (QED) is 0.847. The van der Waals surface area contributed by atoms with Crippen molar-refractivity contribution in [1.82, 2.24) is 5.32 Å². The first-order valence-electron chi connectivity index (χ1n) is 6.03. The molecule has 0 radical (unpaired) electrons. The third-order valence-corrected chi connectivity index (χ3v) is 4.21. The highest BCUT2D eigenvalue weighted by Gasteiger charge is 2.44. The number of carbonyl (C=O) groups is 1. The van der Waals surface area contributed by atoms with Gasteiger partial charge in [0.2, 0.25) is 5.91 Å². The molecule has 1 saturated carbocycles. The average Bonchev–Trinajstić information content (AvgIpc) is 2.36. The molecule has 18 heavy (non-hydrogen) atoms. The van der Waals surface area contributed by atoms with Gasteiger partial charge in [-0.2, -0.15) is 5.26 Å². The number of benzene rings is 1. The molecule has 1 aliphatic carbocycles. The monoisotopic (exact) mass is 260 g/mol. The van der Waals surface area contributed by atoms with E-state index < -0.39 is 5.41 Å². The maximum absolute atomic E-state index is 11.9. The number of hydrogen-bond donors (Lipinski definition) is 1. The van der Waals surface area contributed by atoms with Crippen molar-refractivity contribution in [3.05, 3.63) is 29.8 Å². The maximum Gasteiger partial charge on any atom is 0.240 e. The van der Waals surface area contributed by atoms with E-state index in [0.717, 1.165) is 12.0 Å². The minimum absolute atomic E-state index is 0.120. The minimum atomic E-state index is -0.751. The number of hydrogen-bond acceptors (Lipinski definition) is 3. The number of nitriles is 1. The second-order valence-electron chi connectivity index (χ2n) is 4.58. The van der Waals surface area contributed by atoms with Crippen LogP contribution in [-0.4, -0.2) is 12.2 Å². The van der Waals surface area contributed by atoms with Crippen LogP contribution in [0.5, 0.6) is 0 Å². The number of nitrogens with one attached hydrogen (secondary N) is 1. The van der Waals surface area contributed by atoms with Crippen LogP contribution in [0.3, 0.4) is 0 Å². The summed E-state index contributed by atoms with van der Waals surface area (Å²) in [5.41, 5.74) is 0.313. The number of thioether (sulfide) groups is 1. The SMILES string of the molecule is CSc1ccc(CNC(=O)C2(C#N)CCC2)cc1.